The molecular weight excluding hydrogens is 362 g/mol. The molecule has 3 aromatic rings. The summed E-state index contributed by atoms with van der Waals surface area (Å²) in [4.78, 5) is 2.32. The Kier molecular flexibility index (Phi) is 6.74. The number of hydrogen-bond donors (Lipinski definition) is 1. The molecular formula is C24H31N3S. The maximum atomic E-state index is 5.87. The van der Waals surface area contributed by atoms with E-state index in [9.17, 15) is 0 Å². The van der Waals surface area contributed by atoms with Crippen molar-refractivity contribution < 1.29 is 0 Å². The van der Waals surface area contributed by atoms with Crippen molar-refractivity contribution in [1.29, 1.82) is 0 Å². The summed E-state index contributed by atoms with van der Waals surface area (Å²) in [6, 6.07) is 17.4. The minimum absolute atomic E-state index is 0.359. The van der Waals surface area contributed by atoms with E-state index >= 15 is 0 Å². The van der Waals surface area contributed by atoms with Crippen molar-refractivity contribution in [3.05, 3.63) is 65.9 Å². The van der Waals surface area contributed by atoms with E-state index in [4.69, 9.17) is 12.2 Å². The van der Waals surface area contributed by atoms with Crippen LogP contribution in [-0.2, 0) is 19.5 Å². The second-order valence-electron chi connectivity index (χ2n) is 7.28. The maximum absolute atomic E-state index is 5.87. The van der Waals surface area contributed by atoms with E-state index in [1.165, 1.54) is 22.0 Å². The molecule has 0 bridgehead atoms. The highest BCUT2D eigenvalue weighted by atomic mass is 32.1. The first kappa shape index (κ1) is 20.4. The predicted octanol–water partition coefficient (Wildman–Crippen LogP) is 6.22. The Bertz CT molecular complexity index is 944. The lowest BCUT2D eigenvalue weighted by atomic mass is 10.1. The molecule has 1 aromatic heterocycles. The average Bonchev–Trinajstić information content (AvgIpc) is 3.09. The summed E-state index contributed by atoms with van der Waals surface area (Å²) >= 11 is 5.87. The topological polar surface area (TPSA) is 20.2 Å². The Morgan fingerprint density at radius 1 is 1.04 bits per heavy atom. The molecule has 0 aliphatic carbocycles. The van der Waals surface area contributed by atoms with Gasteiger partial charge in [0.2, 0.25) is 0 Å². The van der Waals surface area contributed by atoms with Crippen LogP contribution in [0, 0.1) is 0 Å². The van der Waals surface area contributed by atoms with E-state index in [2.05, 4.69) is 97.2 Å². The van der Waals surface area contributed by atoms with Gasteiger partial charge in [-0.1, -0.05) is 50.2 Å². The molecule has 0 aliphatic heterocycles. The normalized spacial score (nSPS) is 12.1. The molecule has 0 unspecified atom stereocenters. The van der Waals surface area contributed by atoms with Crippen molar-refractivity contribution in [2.24, 2.45) is 0 Å². The lowest BCUT2D eigenvalue weighted by Gasteiger charge is -2.31. The van der Waals surface area contributed by atoms with Crippen LogP contribution in [0.25, 0.3) is 10.9 Å². The Labute approximate surface area is 174 Å². The Morgan fingerprint density at radius 3 is 2.46 bits per heavy atom. The monoisotopic (exact) mass is 393 g/mol. The molecule has 2 aromatic carbocycles. The summed E-state index contributed by atoms with van der Waals surface area (Å²) < 4.78 is 2.32. The molecule has 0 radical (unpaired) electrons. The molecule has 1 N–H and O–H groups in total. The number of nitrogens with one attached hydrogen (secondary N) is 1. The van der Waals surface area contributed by atoms with Gasteiger partial charge in [-0.25, -0.2) is 0 Å². The van der Waals surface area contributed by atoms with Gasteiger partial charge in [-0.15, -0.1) is 0 Å². The largest absolute Gasteiger partial charge is 0.347 e. The third-order valence-corrected chi connectivity index (χ3v) is 5.91. The molecule has 148 valence electrons. The van der Waals surface area contributed by atoms with Crippen LogP contribution in [-0.4, -0.2) is 20.6 Å². The standard InChI is InChI=1S/C24H31N3S/c1-5-18(4)27(24(28)25-22-14-10-8-12-19(22)6-2)17-20-16-26(7-3)23-15-11-9-13-21(20)23/h8-16,18H,5-7,17H2,1-4H3,(H,25,28)/t18-/m0/s1. The third-order valence-electron chi connectivity index (χ3n) is 5.58. The van der Waals surface area contributed by atoms with Crippen molar-refractivity contribution in [2.75, 3.05) is 5.32 Å². The number of benzene rings is 2. The maximum Gasteiger partial charge on any atom is 0.173 e. The molecule has 3 nitrogen and oxygen atoms in total. The van der Waals surface area contributed by atoms with Crippen molar-refractivity contribution in [2.45, 2.75) is 59.7 Å². The van der Waals surface area contributed by atoms with Gasteiger partial charge in [0.25, 0.3) is 0 Å². The fourth-order valence-corrected chi connectivity index (χ4v) is 4.03. The summed E-state index contributed by atoms with van der Waals surface area (Å²) in [5.41, 5.74) is 5.01. The number of nitrogens with zero attached hydrogens (tertiary/aromatic N) is 2. The molecule has 0 amide bonds. The highest BCUT2D eigenvalue weighted by Crippen LogP contribution is 2.25. The Balaban J connectivity index is 1.90. The molecule has 1 atom stereocenters. The van der Waals surface area contributed by atoms with Gasteiger partial charge >= 0.3 is 0 Å². The molecule has 0 saturated carbocycles. The highest BCUT2D eigenvalue weighted by Gasteiger charge is 2.19. The SMILES string of the molecule is CCc1ccccc1NC(=S)N(Cc1cn(CC)c2ccccc12)[C@@H](C)CC. The van der Waals surface area contributed by atoms with E-state index < -0.39 is 0 Å². The van der Waals surface area contributed by atoms with E-state index in [1.807, 2.05) is 0 Å². The second kappa shape index (κ2) is 9.24. The van der Waals surface area contributed by atoms with Crippen LogP contribution in [0.1, 0.15) is 45.2 Å². The first-order valence-electron chi connectivity index (χ1n) is 10.3. The molecule has 1 heterocycles. The van der Waals surface area contributed by atoms with Gasteiger partial charge in [-0.2, -0.15) is 0 Å². The lowest BCUT2D eigenvalue weighted by molar-refractivity contribution is 0.320. The minimum atomic E-state index is 0.359. The zero-order valence-corrected chi connectivity index (χ0v) is 18.2. The second-order valence-corrected chi connectivity index (χ2v) is 7.67. The zero-order valence-electron chi connectivity index (χ0n) is 17.4. The van der Waals surface area contributed by atoms with Gasteiger partial charge in [-0.05, 0) is 62.2 Å². The number of aromatic nitrogens is 1. The molecule has 0 spiro atoms. The first-order valence-corrected chi connectivity index (χ1v) is 10.7. The van der Waals surface area contributed by atoms with Crippen molar-refractivity contribution in [1.82, 2.24) is 9.47 Å². The number of para-hydroxylation sites is 2. The average molecular weight is 394 g/mol. The molecule has 28 heavy (non-hydrogen) atoms. The van der Waals surface area contributed by atoms with Crippen molar-refractivity contribution >= 4 is 33.9 Å². The fraction of sp³-hybridized carbons (Fsp3) is 0.375. The lowest BCUT2D eigenvalue weighted by Crippen LogP contribution is -2.40. The number of aryl methyl sites for hydroxylation is 2. The van der Waals surface area contributed by atoms with Crippen LogP contribution in [0.5, 0.6) is 0 Å². The van der Waals surface area contributed by atoms with Gasteiger partial charge in [0, 0.05) is 41.9 Å². The van der Waals surface area contributed by atoms with Gasteiger partial charge in [-0.3, -0.25) is 0 Å². The van der Waals surface area contributed by atoms with E-state index in [0.717, 1.165) is 36.7 Å². The number of hydrogen-bond acceptors (Lipinski definition) is 1. The molecule has 3 rings (SSSR count). The van der Waals surface area contributed by atoms with E-state index in [1.54, 1.807) is 0 Å². The molecule has 0 aliphatic rings. The van der Waals surface area contributed by atoms with E-state index in [-0.39, 0.29) is 0 Å². The first-order chi connectivity index (χ1) is 13.6. The number of anilines is 1. The third kappa shape index (κ3) is 4.22. The Hall–Kier alpha value is -2.33. The van der Waals surface area contributed by atoms with Gasteiger partial charge in [0.1, 0.15) is 0 Å². The van der Waals surface area contributed by atoms with Crippen LogP contribution in [0.3, 0.4) is 0 Å². The van der Waals surface area contributed by atoms with Crippen LogP contribution in [0.4, 0.5) is 5.69 Å². The quantitative estimate of drug-likeness (QED) is 0.481. The number of rotatable bonds is 7. The predicted molar refractivity (Wildman–Crippen MR) is 125 cm³/mol. The molecule has 0 saturated heterocycles. The fourth-order valence-electron chi connectivity index (χ4n) is 3.68. The minimum Gasteiger partial charge on any atom is -0.347 e. The van der Waals surface area contributed by atoms with Crippen LogP contribution < -0.4 is 5.32 Å². The number of fused-ring (bicyclic) bond motifs is 1. The van der Waals surface area contributed by atoms with Gasteiger partial charge < -0.3 is 14.8 Å². The van der Waals surface area contributed by atoms with Gasteiger partial charge in [0.15, 0.2) is 5.11 Å². The summed E-state index contributed by atoms with van der Waals surface area (Å²) in [5.74, 6) is 0. The molecule has 4 heteroatoms. The van der Waals surface area contributed by atoms with Crippen LogP contribution >= 0.6 is 12.2 Å². The number of thiocarbonyl (C=S) groups is 1. The summed E-state index contributed by atoms with van der Waals surface area (Å²) in [6.07, 6.45) is 4.31. The smallest absolute Gasteiger partial charge is 0.173 e. The van der Waals surface area contributed by atoms with Crippen LogP contribution in [0.15, 0.2) is 54.7 Å². The van der Waals surface area contributed by atoms with E-state index in [0.29, 0.717) is 6.04 Å². The Morgan fingerprint density at radius 2 is 1.75 bits per heavy atom. The van der Waals surface area contributed by atoms with Crippen molar-refractivity contribution in [3.63, 3.8) is 0 Å². The summed E-state index contributed by atoms with van der Waals surface area (Å²) in [7, 11) is 0. The van der Waals surface area contributed by atoms with Gasteiger partial charge in [0.05, 0.1) is 0 Å². The zero-order chi connectivity index (χ0) is 20.1. The summed E-state index contributed by atoms with van der Waals surface area (Å²) in [5, 5.41) is 5.63. The van der Waals surface area contributed by atoms with Crippen LogP contribution in [0.2, 0.25) is 0 Å². The summed E-state index contributed by atoms with van der Waals surface area (Å²) in [6.45, 7) is 10.6. The highest BCUT2D eigenvalue weighted by molar-refractivity contribution is 7.80. The molecule has 0 fully saturated rings. The van der Waals surface area contributed by atoms with Crippen molar-refractivity contribution in [3.8, 4) is 0 Å².